The van der Waals surface area contributed by atoms with Gasteiger partial charge in [0.15, 0.2) is 12.2 Å². The summed E-state index contributed by atoms with van der Waals surface area (Å²) in [5.74, 6) is -2.23. The van der Waals surface area contributed by atoms with E-state index in [1.54, 1.807) is 12.4 Å². The third-order valence-electron chi connectivity index (χ3n) is 5.81. The molecule has 0 aromatic carbocycles. The third-order valence-corrected chi connectivity index (χ3v) is 5.81. The second-order valence-corrected chi connectivity index (χ2v) is 7.77. The molecule has 0 saturated carbocycles. The first-order chi connectivity index (χ1) is 14.4. The minimum atomic E-state index is -1.83. The quantitative estimate of drug-likeness (QED) is 0.543. The average Bonchev–Trinajstić information content (AvgIpc) is 2.78. The monoisotopic (exact) mass is 420 g/mol. The van der Waals surface area contributed by atoms with Gasteiger partial charge in [0, 0.05) is 63.8 Å². The Morgan fingerprint density at radius 3 is 1.90 bits per heavy atom. The topological polar surface area (TPSA) is 135 Å². The van der Waals surface area contributed by atoms with Crippen LogP contribution in [-0.2, 0) is 14.4 Å². The van der Waals surface area contributed by atoms with E-state index in [1.165, 1.54) is 9.80 Å². The molecule has 10 nitrogen and oxygen atoms in total. The highest BCUT2D eigenvalue weighted by molar-refractivity contribution is 5.91. The molecule has 10 heteroatoms. The van der Waals surface area contributed by atoms with Crippen LogP contribution in [0.15, 0.2) is 24.5 Å². The first-order valence-electron chi connectivity index (χ1n) is 10.2. The summed E-state index contributed by atoms with van der Waals surface area (Å²) in [5, 5.41) is 29.5. The molecule has 0 bridgehead atoms. The van der Waals surface area contributed by atoms with Gasteiger partial charge in [0.05, 0.1) is 0 Å². The number of piperidine rings is 1. The van der Waals surface area contributed by atoms with Crippen molar-refractivity contribution in [1.29, 1.82) is 0 Å². The van der Waals surface area contributed by atoms with Crippen LogP contribution in [0, 0.1) is 5.92 Å². The Morgan fingerprint density at radius 2 is 1.40 bits per heavy atom. The number of aromatic nitrogens is 1. The smallest absolute Gasteiger partial charge is 0.303 e. The van der Waals surface area contributed by atoms with E-state index in [9.17, 15) is 24.6 Å². The molecule has 0 radical (unpaired) electrons. The Hall–Kier alpha value is -2.72. The van der Waals surface area contributed by atoms with Crippen LogP contribution in [0.5, 0.6) is 0 Å². The molecule has 2 saturated heterocycles. The maximum atomic E-state index is 12.6. The fourth-order valence-electron chi connectivity index (χ4n) is 3.99. The zero-order chi connectivity index (χ0) is 21.7. The number of likely N-dealkylation sites (tertiary alicyclic amines) is 1. The Morgan fingerprint density at radius 1 is 0.900 bits per heavy atom. The molecule has 3 heterocycles. The molecule has 2 aliphatic rings. The van der Waals surface area contributed by atoms with Gasteiger partial charge in [0.25, 0.3) is 11.8 Å². The van der Waals surface area contributed by atoms with E-state index in [4.69, 9.17) is 5.11 Å². The largest absolute Gasteiger partial charge is 0.481 e. The van der Waals surface area contributed by atoms with Gasteiger partial charge in [-0.05, 0) is 30.9 Å². The molecule has 164 valence electrons. The SMILES string of the molecule is O=C(O)CC1CCN(C(=O)C(O)C(O)C(=O)N2CCN(c3ccncc3)CC2)CC1. The number of aliphatic hydroxyl groups excluding tert-OH is 2. The number of aliphatic hydroxyl groups is 2. The van der Waals surface area contributed by atoms with E-state index in [0.29, 0.717) is 52.1 Å². The van der Waals surface area contributed by atoms with Gasteiger partial charge in [-0.15, -0.1) is 0 Å². The van der Waals surface area contributed by atoms with Crippen molar-refractivity contribution in [2.24, 2.45) is 5.92 Å². The van der Waals surface area contributed by atoms with Gasteiger partial charge in [-0.25, -0.2) is 0 Å². The molecule has 2 fully saturated rings. The van der Waals surface area contributed by atoms with Crippen LogP contribution in [-0.4, -0.2) is 99.4 Å². The number of rotatable bonds is 6. The van der Waals surface area contributed by atoms with Crippen LogP contribution in [0.2, 0.25) is 0 Å². The van der Waals surface area contributed by atoms with Gasteiger partial charge in [-0.3, -0.25) is 19.4 Å². The highest BCUT2D eigenvalue weighted by Gasteiger charge is 2.37. The van der Waals surface area contributed by atoms with Crippen LogP contribution in [0.1, 0.15) is 19.3 Å². The van der Waals surface area contributed by atoms with Gasteiger partial charge in [-0.1, -0.05) is 0 Å². The van der Waals surface area contributed by atoms with Crippen LogP contribution in [0.25, 0.3) is 0 Å². The number of anilines is 1. The van der Waals surface area contributed by atoms with Crippen molar-refractivity contribution in [2.75, 3.05) is 44.2 Å². The van der Waals surface area contributed by atoms with E-state index in [2.05, 4.69) is 9.88 Å². The number of carbonyl (C=O) groups excluding carboxylic acids is 2. The Bertz CT molecular complexity index is 745. The zero-order valence-electron chi connectivity index (χ0n) is 16.8. The fourth-order valence-corrected chi connectivity index (χ4v) is 3.99. The Balaban J connectivity index is 1.48. The molecule has 2 amide bonds. The highest BCUT2D eigenvalue weighted by Crippen LogP contribution is 2.22. The minimum absolute atomic E-state index is 0.00746. The maximum absolute atomic E-state index is 12.6. The van der Waals surface area contributed by atoms with E-state index in [-0.39, 0.29) is 12.3 Å². The Kier molecular flexibility index (Phi) is 7.22. The normalized spacial score (nSPS) is 20.0. The Labute approximate surface area is 174 Å². The number of hydrogen-bond donors (Lipinski definition) is 3. The summed E-state index contributed by atoms with van der Waals surface area (Å²) >= 11 is 0. The van der Waals surface area contributed by atoms with Crippen molar-refractivity contribution >= 4 is 23.5 Å². The van der Waals surface area contributed by atoms with Gasteiger partial charge in [-0.2, -0.15) is 0 Å². The number of carboxylic acids is 1. The summed E-state index contributed by atoms with van der Waals surface area (Å²) in [7, 11) is 0. The van der Waals surface area contributed by atoms with Gasteiger partial charge in [0.2, 0.25) is 0 Å². The van der Waals surface area contributed by atoms with Crippen LogP contribution >= 0.6 is 0 Å². The van der Waals surface area contributed by atoms with Crippen molar-refractivity contribution < 1.29 is 29.7 Å². The first-order valence-corrected chi connectivity index (χ1v) is 10.2. The number of amides is 2. The van der Waals surface area contributed by atoms with Crippen molar-refractivity contribution in [3.05, 3.63) is 24.5 Å². The second kappa shape index (κ2) is 9.86. The maximum Gasteiger partial charge on any atom is 0.303 e. The van der Waals surface area contributed by atoms with Crippen LogP contribution < -0.4 is 4.90 Å². The number of carbonyl (C=O) groups is 3. The minimum Gasteiger partial charge on any atom is -0.481 e. The summed E-state index contributed by atoms with van der Waals surface area (Å²) in [5.41, 5.74) is 0.999. The standard InChI is InChI=1S/C20H28N4O6/c25-16(26)13-14-3-7-23(8-4-14)19(29)17(27)18(28)20(30)24-11-9-22(10-12-24)15-1-5-21-6-2-15/h1-2,5-6,14,17-18,27-28H,3-4,7-13H2,(H,25,26). The number of nitrogens with zero attached hydrogens (tertiary/aromatic N) is 4. The molecule has 3 rings (SSSR count). The first kappa shape index (κ1) is 22.0. The molecule has 0 spiro atoms. The third kappa shape index (κ3) is 5.25. The lowest BCUT2D eigenvalue weighted by molar-refractivity contribution is -0.159. The van der Waals surface area contributed by atoms with Crippen molar-refractivity contribution in [3.63, 3.8) is 0 Å². The van der Waals surface area contributed by atoms with E-state index < -0.39 is 30.0 Å². The molecule has 2 atom stereocenters. The van der Waals surface area contributed by atoms with Gasteiger partial charge in [0.1, 0.15) is 0 Å². The molecular weight excluding hydrogens is 392 g/mol. The van der Waals surface area contributed by atoms with Crippen LogP contribution in [0.4, 0.5) is 5.69 Å². The summed E-state index contributed by atoms with van der Waals surface area (Å²) in [6, 6.07) is 3.77. The summed E-state index contributed by atoms with van der Waals surface area (Å²) < 4.78 is 0. The molecule has 2 aliphatic heterocycles. The number of piperazine rings is 1. The fraction of sp³-hybridized carbons (Fsp3) is 0.600. The molecule has 3 N–H and O–H groups in total. The van der Waals surface area contributed by atoms with E-state index >= 15 is 0 Å². The second-order valence-electron chi connectivity index (χ2n) is 7.77. The predicted molar refractivity (Wildman–Crippen MR) is 107 cm³/mol. The highest BCUT2D eigenvalue weighted by atomic mass is 16.4. The molecule has 30 heavy (non-hydrogen) atoms. The molecule has 0 aliphatic carbocycles. The molecular formula is C20H28N4O6. The van der Waals surface area contributed by atoms with Crippen molar-refractivity contribution in [2.45, 2.75) is 31.5 Å². The lowest BCUT2D eigenvalue weighted by Crippen LogP contribution is -2.56. The van der Waals surface area contributed by atoms with Crippen molar-refractivity contribution in [1.82, 2.24) is 14.8 Å². The molecule has 1 aromatic rings. The predicted octanol–water partition coefficient (Wildman–Crippen LogP) is -0.835. The number of aliphatic carboxylic acids is 1. The summed E-state index contributed by atoms with van der Waals surface area (Å²) in [6.45, 7) is 2.51. The number of carboxylic acid groups (broad SMARTS) is 1. The van der Waals surface area contributed by atoms with Crippen LogP contribution in [0.3, 0.4) is 0 Å². The van der Waals surface area contributed by atoms with E-state index in [0.717, 1.165) is 5.69 Å². The van der Waals surface area contributed by atoms with Gasteiger partial charge < -0.3 is 30.0 Å². The van der Waals surface area contributed by atoms with Crippen molar-refractivity contribution in [3.8, 4) is 0 Å². The number of hydrogen-bond acceptors (Lipinski definition) is 7. The average molecular weight is 420 g/mol. The van der Waals surface area contributed by atoms with E-state index in [1.807, 2.05) is 12.1 Å². The summed E-state index contributed by atoms with van der Waals surface area (Å²) in [4.78, 5) is 44.8. The number of pyridine rings is 1. The lowest BCUT2D eigenvalue weighted by atomic mass is 9.93. The molecule has 2 unspecified atom stereocenters. The van der Waals surface area contributed by atoms with Gasteiger partial charge >= 0.3 is 5.97 Å². The lowest BCUT2D eigenvalue weighted by Gasteiger charge is -2.38. The zero-order valence-corrected chi connectivity index (χ0v) is 16.8. The summed E-state index contributed by atoms with van der Waals surface area (Å²) in [6.07, 6.45) is 0.842. The molecule has 1 aromatic heterocycles.